The average Bonchev–Trinajstić information content (AvgIpc) is 3.34. The zero-order valence-electron chi connectivity index (χ0n) is 22.1. The Balaban J connectivity index is 1.29. The van der Waals surface area contributed by atoms with E-state index in [0.717, 1.165) is 22.8 Å². The number of carbonyl (C=O) groups is 2. The van der Waals surface area contributed by atoms with Gasteiger partial charge >= 0.3 is 12.1 Å². The highest BCUT2D eigenvalue weighted by atomic mass is 19.1. The van der Waals surface area contributed by atoms with Crippen molar-refractivity contribution in [3.8, 4) is 33.9 Å². The van der Waals surface area contributed by atoms with Gasteiger partial charge in [0.15, 0.2) is 17.3 Å². The number of anilines is 1. The number of aromatic nitrogens is 1. The molecule has 1 atom stereocenters. The first-order valence-electron chi connectivity index (χ1n) is 12.7. The van der Waals surface area contributed by atoms with Gasteiger partial charge in [0, 0.05) is 5.56 Å². The summed E-state index contributed by atoms with van der Waals surface area (Å²) < 4.78 is 30.8. The summed E-state index contributed by atoms with van der Waals surface area (Å²) in [6.45, 7) is 3.52. The Morgan fingerprint density at radius 2 is 1.51 bits per heavy atom. The molecule has 0 unspecified atom stereocenters. The van der Waals surface area contributed by atoms with Gasteiger partial charge in [0.2, 0.25) is 0 Å². The molecule has 0 saturated heterocycles. The van der Waals surface area contributed by atoms with Crippen LogP contribution in [0, 0.1) is 12.7 Å². The molecule has 0 saturated carbocycles. The Kier molecular flexibility index (Phi) is 7.78. The van der Waals surface area contributed by atoms with Crippen LogP contribution in [0.5, 0.6) is 11.5 Å². The third-order valence-corrected chi connectivity index (χ3v) is 6.39. The van der Waals surface area contributed by atoms with Crippen LogP contribution in [0.25, 0.3) is 22.5 Å². The molecule has 0 aliphatic rings. The lowest BCUT2D eigenvalue weighted by Crippen LogP contribution is -2.16. The van der Waals surface area contributed by atoms with E-state index in [2.05, 4.69) is 10.5 Å². The maximum atomic E-state index is 14.2. The van der Waals surface area contributed by atoms with E-state index < -0.39 is 24.0 Å². The number of nitrogens with zero attached hydrogens (tertiary/aromatic N) is 1. The minimum Gasteiger partial charge on any atom is -0.478 e. The van der Waals surface area contributed by atoms with Crippen LogP contribution < -0.4 is 10.1 Å². The number of carboxylic acid groups (broad SMARTS) is 1. The molecule has 5 rings (SSSR count). The van der Waals surface area contributed by atoms with Crippen molar-refractivity contribution in [2.45, 2.75) is 20.0 Å². The average molecular weight is 553 g/mol. The number of rotatable bonds is 8. The summed E-state index contributed by atoms with van der Waals surface area (Å²) >= 11 is 0. The van der Waals surface area contributed by atoms with Crippen LogP contribution in [0.2, 0.25) is 0 Å². The monoisotopic (exact) mass is 552 g/mol. The molecule has 1 amide bonds. The fraction of sp³-hybridized carbons (Fsp3) is 0.0938. The first-order valence-corrected chi connectivity index (χ1v) is 12.7. The SMILES string of the molecule is Cc1noc(-c2ccc(-c3ccc(Oc4c(F)cccc4C(=O)O)cc3)cc2)c1NC(=O)O[C@H](C)c1ccccc1. The van der Waals surface area contributed by atoms with E-state index in [1.54, 1.807) is 38.1 Å². The largest absolute Gasteiger partial charge is 0.478 e. The molecule has 0 bridgehead atoms. The van der Waals surface area contributed by atoms with E-state index in [-0.39, 0.29) is 11.3 Å². The lowest BCUT2D eigenvalue weighted by atomic mass is 10.0. The summed E-state index contributed by atoms with van der Waals surface area (Å²) in [5.74, 6) is -1.71. The summed E-state index contributed by atoms with van der Waals surface area (Å²) in [5.41, 5.74) is 3.95. The van der Waals surface area contributed by atoms with Crippen LogP contribution in [0.15, 0.2) is 102 Å². The number of nitrogens with one attached hydrogen (secondary N) is 1. The third-order valence-electron chi connectivity index (χ3n) is 6.39. The van der Waals surface area contributed by atoms with Crippen molar-refractivity contribution in [3.05, 3.63) is 120 Å². The molecule has 0 radical (unpaired) electrons. The number of halogens is 1. The molecule has 206 valence electrons. The highest BCUT2D eigenvalue weighted by molar-refractivity contribution is 5.91. The maximum Gasteiger partial charge on any atom is 0.412 e. The number of hydrogen-bond acceptors (Lipinski definition) is 6. The molecule has 0 fully saturated rings. The molecule has 8 nitrogen and oxygen atoms in total. The van der Waals surface area contributed by atoms with Crippen LogP contribution in [0.4, 0.5) is 14.9 Å². The van der Waals surface area contributed by atoms with Crippen molar-refractivity contribution >= 4 is 17.7 Å². The zero-order valence-corrected chi connectivity index (χ0v) is 22.1. The van der Waals surface area contributed by atoms with Gasteiger partial charge in [0.05, 0.1) is 0 Å². The normalized spacial score (nSPS) is 11.5. The summed E-state index contributed by atoms with van der Waals surface area (Å²) in [7, 11) is 0. The first kappa shape index (κ1) is 27.1. The van der Waals surface area contributed by atoms with Crippen molar-refractivity contribution < 1.29 is 33.1 Å². The number of aryl methyl sites for hydroxylation is 1. The van der Waals surface area contributed by atoms with Crippen LogP contribution in [-0.2, 0) is 4.74 Å². The second kappa shape index (κ2) is 11.7. The molecule has 0 spiro atoms. The van der Waals surface area contributed by atoms with E-state index in [0.29, 0.717) is 28.5 Å². The highest BCUT2D eigenvalue weighted by Crippen LogP contribution is 2.34. The summed E-state index contributed by atoms with van der Waals surface area (Å²) in [6.07, 6.45) is -1.07. The van der Waals surface area contributed by atoms with Crippen molar-refractivity contribution in [2.24, 2.45) is 0 Å². The van der Waals surface area contributed by atoms with Crippen molar-refractivity contribution in [2.75, 3.05) is 5.32 Å². The van der Waals surface area contributed by atoms with Crippen molar-refractivity contribution in [1.29, 1.82) is 0 Å². The number of para-hydroxylation sites is 1. The number of amides is 1. The number of carboxylic acids is 1. The molecule has 1 aromatic heterocycles. The van der Waals surface area contributed by atoms with E-state index in [9.17, 15) is 19.1 Å². The summed E-state index contributed by atoms with van der Waals surface area (Å²) in [5, 5.41) is 16.1. The molecule has 5 aromatic rings. The van der Waals surface area contributed by atoms with Gasteiger partial charge in [-0.15, -0.1) is 0 Å². The Morgan fingerprint density at radius 3 is 2.17 bits per heavy atom. The molecule has 2 N–H and O–H groups in total. The summed E-state index contributed by atoms with van der Waals surface area (Å²) in [4.78, 5) is 24.0. The Labute approximate surface area is 235 Å². The maximum absolute atomic E-state index is 14.2. The molecule has 1 heterocycles. The Morgan fingerprint density at radius 1 is 0.878 bits per heavy atom. The lowest BCUT2D eigenvalue weighted by Gasteiger charge is -2.14. The van der Waals surface area contributed by atoms with E-state index in [1.807, 2.05) is 54.6 Å². The van der Waals surface area contributed by atoms with Gasteiger partial charge in [0.25, 0.3) is 0 Å². The number of ether oxygens (including phenoxy) is 2. The molecule has 4 aromatic carbocycles. The molecule has 9 heteroatoms. The van der Waals surface area contributed by atoms with Gasteiger partial charge in [-0.25, -0.2) is 14.0 Å². The molecule has 0 aliphatic heterocycles. The number of aromatic carboxylic acids is 1. The topological polar surface area (TPSA) is 111 Å². The Bertz CT molecular complexity index is 1680. The van der Waals surface area contributed by atoms with Gasteiger partial charge < -0.3 is 19.1 Å². The van der Waals surface area contributed by atoms with Crippen LogP contribution >= 0.6 is 0 Å². The fourth-order valence-corrected chi connectivity index (χ4v) is 4.23. The smallest absolute Gasteiger partial charge is 0.412 e. The third kappa shape index (κ3) is 6.09. The van der Waals surface area contributed by atoms with Crippen LogP contribution in [-0.4, -0.2) is 22.3 Å². The Hall–Kier alpha value is -5.44. The van der Waals surface area contributed by atoms with Crippen molar-refractivity contribution in [1.82, 2.24) is 5.16 Å². The van der Waals surface area contributed by atoms with Gasteiger partial charge in [-0.2, -0.15) is 0 Å². The number of benzene rings is 4. The van der Waals surface area contributed by atoms with Gasteiger partial charge in [-0.05, 0) is 54.8 Å². The van der Waals surface area contributed by atoms with Crippen LogP contribution in [0.1, 0.15) is 34.6 Å². The quantitative estimate of drug-likeness (QED) is 0.199. The van der Waals surface area contributed by atoms with Gasteiger partial charge in [-0.3, -0.25) is 5.32 Å². The van der Waals surface area contributed by atoms with Gasteiger partial charge in [0.1, 0.15) is 28.8 Å². The van der Waals surface area contributed by atoms with Crippen LogP contribution in [0.3, 0.4) is 0 Å². The predicted octanol–water partition coefficient (Wildman–Crippen LogP) is 8.26. The zero-order chi connectivity index (χ0) is 28.9. The standard InChI is InChI=1S/C32H25FN2O6/c1-19-28(34-32(38)39-20(2)21-7-4-3-5-8-21)29(41-35-19)24-13-11-22(12-14-24)23-15-17-25(18-16-23)40-30-26(31(36)37)9-6-10-27(30)33/h3-18,20H,1-2H3,(H,34,38)(H,36,37)/t20-/m1/s1. The fourth-order valence-electron chi connectivity index (χ4n) is 4.23. The molecular formula is C32H25FN2O6. The van der Waals surface area contributed by atoms with E-state index >= 15 is 0 Å². The molecule has 0 aliphatic carbocycles. The second-order valence-electron chi connectivity index (χ2n) is 9.18. The first-order chi connectivity index (χ1) is 19.8. The second-order valence-corrected chi connectivity index (χ2v) is 9.18. The predicted molar refractivity (Wildman–Crippen MR) is 151 cm³/mol. The van der Waals surface area contributed by atoms with Gasteiger partial charge in [-0.1, -0.05) is 78.0 Å². The lowest BCUT2D eigenvalue weighted by molar-refractivity contribution is 0.0693. The highest BCUT2D eigenvalue weighted by Gasteiger charge is 2.20. The number of hydrogen-bond donors (Lipinski definition) is 2. The molecular weight excluding hydrogens is 527 g/mol. The van der Waals surface area contributed by atoms with Crippen molar-refractivity contribution in [3.63, 3.8) is 0 Å². The molecule has 41 heavy (non-hydrogen) atoms. The minimum atomic E-state index is -1.28. The minimum absolute atomic E-state index is 0.264. The summed E-state index contributed by atoms with van der Waals surface area (Å²) in [6, 6.07) is 27.4. The number of carbonyl (C=O) groups excluding carboxylic acids is 1. The van der Waals surface area contributed by atoms with E-state index in [1.165, 1.54) is 12.1 Å². The van der Waals surface area contributed by atoms with E-state index in [4.69, 9.17) is 14.0 Å².